The smallest absolute Gasteiger partial charge is 0.407 e. The molecule has 2 N–H and O–H groups in total. The van der Waals surface area contributed by atoms with Crippen LogP contribution >= 0.6 is 0 Å². The number of unbranched alkanes of at least 4 members (excludes halogenated alkanes) is 9. The molecular weight excluding hydrogens is 282 g/mol. The van der Waals surface area contributed by atoms with Gasteiger partial charge in [-0.25, -0.2) is 4.79 Å². The number of hydrogen-bond acceptors (Lipinski definition) is 3. The molecule has 0 saturated heterocycles. The highest BCUT2D eigenvalue weighted by molar-refractivity contribution is 5.67. The van der Waals surface area contributed by atoms with Gasteiger partial charge in [-0.05, 0) is 19.3 Å². The zero-order valence-corrected chi connectivity index (χ0v) is 14.1. The van der Waals surface area contributed by atoms with Crippen LogP contribution in [0.3, 0.4) is 0 Å². The lowest BCUT2D eigenvalue weighted by Crippen LogP contribution is -2.25. The number of rotatable bonds is 15. The van der Waals surface area contributed by atoms with Crippen molar-refractivity contribution in [1.82, 2.24) is 5.32 Å². The average molecular weight is 315 g/mol. The molecule has 5 nitrogen and oxygen atoms in total. The van der Waals surface area contributed by atoms with Crippen LogP contribution in [0, 0.1) is 0 Å². The Balaban J connectivity index is 3.17. The van der Waals surface area contributed by atoms with Crippen molar-refractivity contribution in [2.45, 2.75) is 84.0 Å². The van der Waals surface area contributed by atoms with Gasteiger partial charge >= 0.3 is 12.1 Å². The van der Waals surface area contributed by atoms with Crippen LogP contribution < -0.4 is 5.32 Å². The quantitative estimate of drug-likeness (QED) is 0.436. The highest BCUT2D eigenvalue weighted by Crippen LogP contribution is 2.08. The molecule has 1 amide bonds. The van der Waals surface area contributed by atoms with Gasteiger partial charge in [-0.15, -0.1) is 0 Å². The fourth-order valence-electron chi connectivity index (χ4n) is 2.22. The van der Waals surface area contributed by atoms with E-state index in [0.717, 1.165) is 25.7 Å². The maximum Gasteiger partial charge on any atom is 0.407 e. The minimum atomic E-state index is -0.766. The predicted molar refractivity (Wildman–Crippen MR) is 88.1 cm³/mol. The first-order valence-corrected chi connectivity index (χ1v) is 8.79. The number of aliphatic carboxylic acids is 1. The van der Waals surface area contributed by atoms with E-state index in [0.29, 0.717) is 19.6 Å². The SMILES string of the molecule is CCCCCCCCCCOC(=O)NCCCCCC(=O)O. The predicted octanol–water partition coefficient (Wildman–Crippen LogP) is 4.50. The van der Waals surface area contributed by atoms with Crippen molar-refractivity contribution in [2.24, 2.45) is 0 Å². The molecule has 0 aliphatic carbocycles. The van der Waals surface area contributed by atoms with Gasteiger partial charge in [0.15, 0.2) is 0 Å². The molecule has 5 heteroatoms. The topological polar surface area (TPSA) is 75.6 Å². The molecule has 0 aromatic heterocycles. The van der Waals surface area contributed by atoms with E-state index in [9.17, 15) is 9.59 Å². The van der Waals surface area contributed by atoms with Gasteiger partial charge in [0.25, 0.3) is 0 Å². The van der Waals surface area contributed by atoms with Crippen LogP contribution in [0.25, 0.3) is 0 Å². The zero-order valence-electron chi connectivity index (χ0n) is 14.1. The molecule has 0 saturated carbocycles. The average Bonchev–Trinajstić information content (AvgIpc) is 2.48. The summed E-state index contributed by atoms with van der Waals surface area (Å²) in [5.41, 5.74) is 0. The first kappa shape index (κ1) is 20.7. The standard InChI is InChI=1S/C17H33NO4/c1-2-3-4-5-6-7-8-12-15-22-17(21)18-14-11-9-10-13-16(19)20/h2-15H2,1H3,(H,18,21)(H,19,20). The first-order chi connectivity index (χ1) is 10.7. The number of amides is 1. The van der Waals surface area contributed by atoms with E-state index >= 15 is 0 Å². The van der Waals surface area contributed by atoms with Crippen molar-refractivity contribution in [2.75, 3.05) is 13.2 Å². The van der Waals surface area contributed by atoms with E-state index in [-0.39, 0.29) is 12.5 Å². The first-order valence-electron chi connectivity index (χ1n) is 8.79. The molecule has 0 atom stereocenters. The molecule has 0 aliphatic heterocycles. The Bertz CT molecular complexity index is 282. The van der Waals surface area contributed by atoms with E-state index in [4.69, 9.17) is 9.84 Å². The molecular formula is C17H33NO4. The molecule has 0 unspecified atom stereocenters. The monoisotopic (exact) mass is 315 g/mol. The van der Waals surface area contributed by atoms with E-state index in [1.165, 1.54) is 38.5 Å². The number of carboxylic acids is 1. The van der Waals surface area contributed by atoms with Crippen molar-refractivity contribution >= 4 is 12.1 Å². The van der Waals surface area contributed by atoms with Crippen LogP contribution in [0.4, 0.5) is 4.79 Å². The van der Waals surface area contributed by atoms with Crippen molar-refractivity contribution in [3.63, 3.8) is 0 Å². The minimum absolute atomic E-state index is 0.197. The van der Waals surface area contributed by atoms with E-state index < -0.39 is 5.97 Å². The van der Waals surface area contributed by atoms with E-state index in [2.05, 4.69) is 12.2 Å². The van der Waals surface area contributed by atoms with Crippen LogP contribution in [0.15, 0.2) is 0 Å². The number of carbonyl (C=O) groups excluding carboxylic acids is 1. The molecule has 0 aliphatic rings. The van der Waals surface area contributed by atoms with Gasteiger partial charge in [-0.2, -0.15) is 0 Å². The van der Waals surface area contributed by atoms with Crippen molar-refractivity contribution < 1.29 is 19.4 Å². The summed E-state index contributed by atoms with van der Waals surface area (Å²) in [7, 11) is 0. The number of nitrogens with one attached hydrogen (secondary N) is 1. The Hall–Kier alpha value is -1.26. The number of carboxylic acid groups (broad SMARTS) is 1. The maximum absolute atomic E-state index is 11.4. The molecule has 0 heterocycles. The number of carbonyl (C=O) groups is 2. The van der Waals surface area contributed by atoms with Crippen LogP contribution in [-0.4, -0.2) is 30.3 Å². The van der Waals surface area contributed by atoms with E-state index in [1.807, 2.05) is 0 Å². The van der Waals surface area contributed by atoms with Crippen molar-refractivity contribution in [3.8, 4) is 0 Å². The second kappa shape index (κ2) is 16.1. The summed E-state index contributed by atoms with van der Waals surface area (Å²) in [6, 6.07) is 0. The summed E-state index contributed by atoms with van der Waals surface area (Å²) in [4.78, 5) is 21.7. The third-order valence-corrected chi connectivity index (χ3v) is 3.57. The van der Waals surface area contributed by atoms with Gasteiger partial charge < -0.3 is 15.2 Å². The fraction of sp³-hybridized carbons (Fsp3) is 0.882. The van der Waals surface area contributed by atoms with Crippen molar-refractivity contribution in [3.05, 3.63) is 0 Å². The number of ether oxygens (including phenoxy) is 1. The summed E-state index contributed by atoms with van der Waals surface area (Å²) in [5, 5.41) is 11.2. The summed E-state index contributed by atoms with van der Waals surface area (Å²) in [6.07, 6.45) is 11.9. The molecule has 0 spiro atoms. The fourth-order valence-corrected chi connectivity index (χ4v) is 2.22. The summed E-state index contributed by atoms with van der Waals surface area (Å²) < 4.78 is 5.09. The van der Waals surface area contributed by atoms with Crippen LogP contribution in [0.2, 0.25) is 0 Å². The van der Waals surface area contributed by atoms with E-state index in [1.54, 1.807) is 0 Å². The second-order valence-electron chi connectivity index (χ2n) is 5.74. The van der Waals surface area contributed by atoms with Crippen LogP contribution in [-0.2, 0) is 9.53 Å². The number of hydrogen-bond donors (Lipinski definition) is 2. The maximum atomic E-state index is 11.4. The zero-order chi connectivity index (χ0) is 16.5. The molecule has 0 aromatic rings. The molecule has 0 aromatic carbocycles. The van der Waals surface area contributed by atoms with Gasteiger partial charge in [0, 0.05) is 13.0 Å². The summed E-state index contributed by atoms with van der Waals surface area (Å²) >= 11 is 0. The Morgan fingerprint density at radius 2 is 1.45 bits per heavy atom. The van der Waals surface area contributed by atoms with Gasteiger partial charge in [0.1, 0.15) is 0 Å². The Kier molecular flexibility index (Phi) is 15.2. The Morgan fingerprint density at radius 3 is 2.09 bits per heavy atom. The highest BCUT2D eigenvalue weighted by atomic mass is 16.5. The molecule has 22 heavy (non-hydrogen) atoms. The lowest BCUT2D eigenvalue weighted by molar-refractivity contribution is -0.137. The van der Waals surface area contributed by atoms with Crippen LogP contribution in [0.1, 0.15) is 84.0 Å². The van der Waals surface area contributed by atoms with Gasteiger partial charge in [0.2, 0.25) is 0 Å². The lowest BCUT2D eigenvalue weighted by atomic mass is 10.1. The largest absolute Gasteiger partial charge is 0.481 e. The number of alkyl carbamates (subject to hydrolysis) is 1. The van der Waals surface area contributed by atoms with Gasteiger partial charge in [0.05, 0.1) is 6.61 Å². The molecule has 0 radical (unpaired) electrons. The summed E-state index contributed by atoms with van der Waals surface area (Å²) in [5.74, 6) is -0.766. The normalized spacial score (nSPS) is 10.4. The second-order valence-corrected chi connectivity index (χ2v) is 5.74. The molecule has 0 rings (SSSR count). The third-order valence-electron chi connectivity index (χ3n) is 3.57. The Morgan fingerprint density at radius 1 is 0.864 bits per heavy atom. The summed E-state index contributed by atoms with van der Waals surface area (Å²) in [6.45, 7) is 3.26. The Labute approximate surface area is 134 Å². The molecule has 0 fully saturated rings. The van der Waals surface area contributed by atoms with Gasteiger partial charge in [-0.1, -0.05) is 58.3 Å². The van der Waals surface area contributed by atoms with Crippen LogP contribution in [0.5, 0.6) is 0 Å². The molecule has 130 valence electrons. The lowest BCUT2D eigenvalue weighted by Gasteiger charge is -2.07. The highest BCUT2D eigenvalue weighted by Gasteiger charge is 2.01. The molecule has 0 bridgehead atoms. The third kappa shape index (κ3) is 16.8. The van der Waals surface area contributed by atoms with Crippen molar-refractivity contribution in [1.29, 1.82) is 0 Å². The minimum Gasteiger partial charge on any atom is -0.481 e. The van der Waals surface area contributed by atoms with Gasteiger partial charge in [-0.3, -0.25) is 4.79 Å².